The lowest BCUT2D eigenvalue weighted by atomic mass is 10.0. The molecule has 6 nitrogen and oxygen atoms in total. The summed E-state index contributed by atoms with van der Waals surface area (Å²) in [7, 11) is 1.45. The number of halogens is 3. The van der Waals surface area contributed by atoms with Gasteiger partial charge in [-0.2, -0.15) is 0 Å². The predicted octanol–water partition coefficient (Wildman–Crippen LogP) is 3.90. The average Bonchev–Trinajstić information content (AvgIpc) is 2.68. The van der Waals surface area contributed by atoms with E-state index in [0.29, 0.717) is 10.6 Å². The van der Waals surface area contributed by atoms with Crippen molar-refractivity contribution in [2.75, 3.05) is 13.7 Å². The Hall–Kier alpha value is -2.64. The Morgan fingerprint density at radius 1 is 1.13 bits per heavy atom. The quantitative estimate of drug-likeness (QED) is 0.613. The lowest BCUT2D eigenvalue weighted by molar-refractivity contribution is -0.152. The second-order valence-corrected chi connectivity index (χ2v) is 7.46. The van der Waals surface area contributed by atoms with Gasteiger partial charge in [-0.3, -0.25) is 14.4 Å². The molecule has 0 aliphatic heterocycles. The Balaban J connectivity index is 1.93. The van der Waals surface area contributed by atoms with E-state index < -0.39 is 30.3 Å². The molecule has 1 atom stereocenters. The fourth-order valence-electron chi connectivity index (χ4n) is 2.68. The van der Waals surface area contributed by atoms with Crippen molar-refractivity contribution in [3.63, 3.8) is 0 Å². The van der Waals surface area contributed by atoms with Crippen molar-refractivity contribution in [1.82, 2.24) is 10.2 Å². The first-order valence-corrected chi connectivity index (χ1v) is 9.78. The van der Waals surface area contributed by atoms with E-state index in [9.17, 15) is 18.8 Å². The summed E-state index contributed by atoms with van der Waals surface area (Å²) in [6.45, 7) is 0.747. The summed E-state index contributed by atoms with van der Waals surface area (Å²) in [5.74, 6) is -2.04. The van der Waals surface area contributed by atoms with E-state index in [1.807, 2.05) is 0 Å². The number of amides is 2. The molecular formula is C21H21Cl2FN2O4. The van der Waals surface area contributed by atoms with Gasteiger partial charge in [-0.1, -0.05) is 41.4 Å². The molecule has 0 aliphatic rings. The minimum Gasteiger partial charge on any atom is -0.455 e. The maximum absolute atomic E-state index is 13.9. The molecule has 0 bridgehead atoms. The molecule has 2 amide bonds. The summed E-state index contributed by atoms with van der Waals surface area (Å²) in [5, 5.41) is 3.39. The Labute approximate surface area is 183 Å². The van der Waals surface area contributed by atoms with Crippen molar-refractivity contribution in [3.8, 4) is 0 Å². The zero-order valence-electron chi connectivity index (χ0n) is 16.5. The van der Waals surface area contributed by atoms with Crippen LogP contribution in [0.3, 0.4) is 0 Å². The van der Waals surface area contributed by atoms with Crippen LogP contribution in [-0.2, 0) is 25.7 Å². The van der Waals surface area contributed by atoms with Crippen LogP contribution in [0.2, 0.25) is 10.0 Å². The fraction of sp³-hybridized carbons (Fsp3) is 0.286. The summed E-state index contributed by atoms with van der Waals surface area (Å²) in [5.41, 5.74) is 0.846. The number of nitrogens with one attached hydrogen (secondary N) is 1. The summed E-state index contributed by atoms with van der Waals surface area (Å²) >= 11 is 11.8. The fourth-order valence-corrected chi connectivity index (χ4v) is 3.03. The topological polar surface area (TPSA) is 75.7 Å². The molecule has 0 aromatic heterocycles. The molecule has 1 unspecified atom stereocenters. The minimum absolute atomic E-state index is 0.0683. The number of hydrogen-bond donors (Lipinski definition) is 1. The molecule has 0 aliphatic carbocycles. The van der Waals surface area contributed by atoms with E-state index in [1.165, 1.54) is 37.1 Å². The van der Waals surface area contributed by atoms with Crippen molar-refractivity contribution in [2.24, 2.45) is 0 Å². The van der Waals surface area contributed by atoms with E-state index in [1.54, 1.807) is 24.3 Å². The van der Waals surface area contributed by atoms with Gasteiger partial charge in [0.25, 0.3) is 5.91 Å². The van der Waals surface area contributed by atoms with Crippen molar-refractivity contribution < 1.29 is 23.5 Å². The van der Waals surface area contributed by atoms with Crippen molar-refractivity contribution >= 4 is 41.0 Å². The van der Waals surface area contributed by atoms with Gasteiger partial charge in [0.1, 0.15) is 5.82 Å². The monoisotopic (exact) mass is 454 g/mol. The first-order chi connectivity index (χ1) is 14.2. The zero-order chi connectivity index (χ0) is 22.3. The highest BCUT2D eigenvalue weighted by molar-refractivity contribution is 6.31. The van der Waals surface area contributed by atoms with Crippen LogP contribution >= 0.6 is 23.2 Å². The lowest BCUT2D eigenvalue weighted by Crippen LogP contribution is -2.32. The summed E-state index contributed by atoms with van der Waals surface area (Å²) in [4.78, 5) is 37.1. The van der Waals surface area contributed by atoms with Crippen LogP contribution in [0.1, 0.15) is 30.5 Å². The normalized spacial score (nSPS) is 11.5. The number of nitrogens with zero attached hydrogens (tertiary/aromatic N) is 1. The third-order valence-corrected chi connectivity index (χ3v) is 4.87. The molecular weight excluding hydrogens is 434 g/mol. The van der Waals surface area contributed by atoms with Gasteiger partial charge in [-0.25, -0.2) is 4.39 Å². The van der Waals surface area contributed by atoms with Crippen LogP contribution in [0.15, 0.2) is 42.5 Å². The van der Waals surface area contributed by atoms with Crippen LogP contribution in [0.25, 0.3) is 0 Å². The first kappa shape index (κ1) is 23.6. The van der Waals surface area contributed by atoms with Gasteiger partial charge in [0.2, 0.25) is 5.91 Å². The molecule has 9 heteroatoms. The van der Waals surface area contributed by atoms with Crippen LogP contribution in [0, 0.1) is 5.82 Å². The maximum atomic E-state index is 13.9. The van der Waals surface area contributed by atoms with Crippen LogP contribution in [-0.4, -0.2) is 36.3 Å². The molecule has 0 spiro atoms. The molecule has 30 heavy (non-hydrogen) atoms. The molecule has 160 valence electrons. The largest absolute Gasteiger partial charge is 0.455 e. The highest BCUT2D eigenvalue weighted by Gasteiger charge is 2.20. The van der Waals surface area contributed by atoms with Gasteiger partial charge >= 0.3 is 5.97 Å². The molecule has 0 saturated carbocycles. The Morgan fingerprint density at radius 2 is 1.80 bits per heavy atom. The second kappa shape index (κ2) is 10.9. The molecule has 0 heterocycles. The number of carbonyl (C=O) groups excluding carboxylic acids is 3. The molecule has 0 radical (unpaired) electrons. The second-order valence-electron chi connectivity index (χ2n) is 6.62. The van der Waals surface area contributed by atoms with Crippen LogP contribution < -0.4 is 5.32 Å². The molecule has 2 aromatic rings. The third kappa shape index (κ3) is 7.00. The number of hydrogen-bond acceptors (Lipinski definition) is 4. The number of rotatable bonds is 8. The Morgan fingerprint density at radius 3 is 2.40 bits per heavy atom. The number of benzene rings is 2. The number of likely N-dealkylation sites (N-methyl/N-ethyl adjacent to an activating group) is 1. The highest BCUT2D eigenvalue weighted by atomic mass is 35.5. The molecule has 2 aromatic carbocycles. The first-order valence-electron chi connectivity index (χ1n) is 9.02. The smallest absolute Gasteiger partial charge is 0.308 e. The van der Waals surface area contributed by atoms with Crippen LogP contribution in [0.5, 0.6) is 0 Å². The third-order valence-electron chi connectivity index (χ3n) is 4.26. The van der Waals surface area contributed by atoms with Crippen LogP contribution in [0.4, 0.5) is 4.39 Å². The summed E-state index contributed by atoms with van der Waals surface area (Å²) in [6.07, 6.45) is -0.169. The van der Waals surface area contributed by atoms with E-state index >= 15 is 0 Å². The van der Waals surface area contributed by atoms with Gasteiger partial charge in [0, 0.05) is 36.1 Å². The molecule has 1 N–H and O–H groups in total. The SMILES string of the molecule is CC(=O)NC(CC(=O)OCC(=O)N(C)Cc1c(F)cccc1Cl)c1ccc(Cl)cc1. The highest BCUT2D eigenvalue weighted by Crippen LogP contribution is 2.21. The average molecular weight is 455 g/mol. The Bertz CT molecular complexity index is 901. The van der Waals surface area contributed by atoms with Crippen molar-refractivity contribution in [2.45, 2.75) is 25.9 Å². The van der Waals surface area contributed by atoms with Gasteiger partial charge < -0.3 is 15.0 Å². The van der Waals surface area contributed by atoms with Gasteiger partial charge in [-0.05, 0) is 29.8 Å². The van der Waals surface area contributed by atoms with Gasteiger partial charge in [-0.15, -0.1) is 0 Å². The van der Waals surface area contributed by atoms with Crippen molar-refractivity contribution in [1.29, 1.82) is 0 Å². The van der Waals surface area contributed by atoms with E-state index in [0.717, 1.165) is 0 Å². The van der Waals surface area contributed by atoms with Gasteiger partial charge in [0.05, 0.1) is 12.5 Å². The number of ether oxygens (including phenoxy) is 1. The van der Waals surface area contributed by atoms with E-state index in [2.05, 4.69) is 5.32 Å². The minimum atomic E-state index is -0.672. The summed E-state index contributed by atoms with van der Waals surface area (Å²) in [6, 6.07) is 10.3. The zero-order valence-corrected chi connectivity index (χ0v) is 18.0. The van der Waals surface area contributed by atoms with E-state index in [4.69, 9.17) is 27.9 Å². The predicted molar refractivity (Wildman–Crippen MR) is 111 cm³/mol. The van der Waals surface area contributed by atoms with Crippen molar-refractivity contribution in [3.05, 3.63) is 69.5 Å². The summed E-state index contributed by atoms with van der Waals surface area (Å²) < 4.78 is 18.9. The van der Waals surface area contributed by atoms with E-state index in [-0.39, 0.29) is 29.5 Å². The van der Waals surface area contributed by atoms with Gasteiger partial charge in [0.15, 0.2) is 6.61 Å². The number of carbonyl (C=O) groups is 3. The standard InChI is InChI=1S/C21H21Cl2FN2O4/c1-13(27)25-19(14-6-8-15(22)9-7-14)10-21(29)30-12-20(28)26(2)11-16-17(23)4-3-5-18(16)24/h3-9,19H,10-12H2,1-2H3,(H,25,27). The Kier molecular flexibility index (Phi) is 8.62. The number of esters is 1. The molecule has 0 fully saturated rings. The molecule has 0 saturated heterocycles. The lowest BCUT2D eigenvalue weighted by Gasteiger charge is -2.20. The maximum Gasteiger partial charge on any atom is 0.308 e. The molecule has 2 rings (SSSR count).